The number of nitrogens with zero attached hydrogens (tertiary/aromatic N) is 1. The summed E-state index contributed by atoms with van der Waals surface area (Å²) in [6.07, 6.45) is 1.63. The van der Waals surface area contributed by atoms with Gasteiger partial charge < -0.3 is 10.6 Å². The summed E-state index contributed by atoms with van der Waals surface area (Å²) in [6, 6.07) is 4.78. The van der Waals surface area contributed by atoms with Crippen LogP contribution < -0.4 is 10.6 Å². The number of aromatic nitrogens is 1. The van der Waals surface area contributed by atoms with Crippen LogP contribution in [0.3, 0.4) is 0 Å². The van der Waals surface area contributed by atoms with Gasteiger partial charge in [0.05, 0.1) is 6.04 Å². The van der Waals surface area contributed by atoms with Gasteiger partial charge in [0.15, 0.2) is 23.3 Å². The maximum atomic E-state index is 13.9. The topological polar surface area (TPSA) is 37.0 Å². The Morgan fingerprint density at radius 3 is 2.62 bits per heavy atom. The number of halogens is 2. The Balaban J connectivity index is 2.22. The van der Waals surface area contributed by atoms with Gasteiger partial charge in [-0.25, -0.2) is 13.8 Å². The van der Waals surface area contributed by atoms with Crippen LogP contribution in [0, 0.1) is 11.6 Å². The largest absolute Gasteiger partial charge is 0.368 e. The first-order chi connectivity index (χ1) is 10.2. The second-order valence-electron chi connectivity index (χ2n) is 4.70. The van der Waals surface area contributed by atoms with Crippen LogP contribution >= 0.6 is 11.3 Å². The van der Waals surface area contributed by atoms with E-state index >= 15 is 0 Å². The Morgan fingerprint density at radius 2 is 2.00 bits per heavy atom. The van der Waals surface area contributed by atoms with Crippen molar-refractivity contribution < 1.29 is 8.78 Å². The third kappa shape index (κ3) is 3.91. The van der Waals surface area contributed by atoms with Crippen LogP contribution in [-0.2, 0) is 0 Å². The zero-order chi connectivity index (χ0) is 15.2. The van der Waals surface area contributed by atoms with Gasteiger partial charge in [-0.2, -0.15) is 0 Å². The quantitative estimate of drug-likeness (QED) is 0.770. The van der Waals surface area contributed by atoms with Gasteiger partial charge in [-0.3, -0.25) is 0 Å². The summed E-state index contributed by atoms with van der Waals surface area (Å²) in [5.41, 5.74) is 0. The fourth-order valence-electron chi connectivity index (χ4n) is 1.96. The molecule has 21 heavy (non-hydrogen) atoms. The number of pyridine rings is 1. The molecule has 1 atom stereocenters. The first-order valence-electron chi connectivity index (χ1n) is 7.05. The molecule has 3 nitrogen and oxygen atoms in total. The Morgan fingerprint density at radius 1 is 1.24 bits per heavy atom. The Labute approximate surface area is 127 Å². The van der Waals surface area contributed by atoms with Crippen LogP contribution in [0.15, 0.2) is 23.6 Å². The van der Waals surface area contributed by atoms with Crippen molar-refractivity contribution in [2.75, 3.05) is 17.2 Å². The minimum absolute atomic E-state index is 0.0310. The van der Waals surface area contributed by atoms with Crippen molar-refractivity contribution in [2.45, 2.75) is 32.7 Å². The molecule has 0 saturated carbocycles. The highest BCUT2D eigenvalue weighted by atomic mass is 32.1. The minimum Gasteiger partial charge on any atom is -0.368 e. The number of hydrogen-bond donors (Lipinski definition) is 2. The normalized spacial score (nSPS) is 12.2. The number of nitrogens with one attached hydrogen (secondary N) is 2. The predicted octanol–water partition coefficient (Wildman–Crippen LogP) is 4.81. The van der Waals surface area contributed by atoms with Crippen molar-refractivity contribution in [1.29, 1.82) is 0 Å². The van der Waals surface area contributed by atoms with Crippen molar-refractivity contribution in [3.05, 3.63) is 40.1 Å². The smallest absolute Gasteiger partial charge is 0.168 e. The van der Waals surface area contributed by atoms with Crippen molar-refractivity contribution >= 4 is 23.0 Å². The van der Waals surface area contributed by atoms with E-state index in [1.165, 1.54) is 0 Å². The van der Waals surface area contributed by atoms with Crippen molar-refractivity contribution in [1.82, 2.24) is 4.98 Å². The van der Waals surface area contributed by atoms with Crippen LogP contribution in [0.1, 0.15) is 37.6 Å². The summed E-state index contributed by atoms with van der Waals surface area (Å²) in [7, 11) is 0. The average Bonchev–Trinajstić information content (AvgIpc) is 2.99. The lowest BCUT2D eigenvalue weighted by atomic mass is 10.2. The molecule has 2 rings (SSSR count). The lowest BCUT2D eigenvalue weighted by Gasteiger charge is -2.17. The highest BCUT2D eigenvalue weighted by molar-refractivity contribution is 7.10. The molecule has 0 radical (unpaired) electrons. The summed E-state index contributed by atoms with van der Waals surface area (Å²) in [5, 5.41) is 7.90. The maximum Gasteiger partial charge on any atom is 0.168 e. The van der Waals surface area contributed by atoms with Gasteiger partial charge >= 0.3 is 0 Å². The SMILES string of the molecule is CCCNc1nc(NC(CC)c2cccs2)c(F)cc1F. The Hall–Kier alpha value is -1.69. The zero-order valence-electron chi connectivity index (χ0n) is 12.1. The van der Waals surface area contributed by atoms with E-state index in [0.717, 1.165) is 23.8 Å². The van der Waals surface area contributed by atoms with Gasteiger partial charge in [0.1, 0.15) is 0 Å². The van der Waals surface area contributed by atoms with Gasteiger partial charge in [-0.05, 0) is 24.3 Å². The molecule has 0 bridgehead atoms. The molecule has 0 aliphatic heterocycles. The molecule has 0 fully saturated rings. The average molecular weight is 311 g/mol. The van der Waals surface area contributed by atoms with Gasteiger partial charge in [0.2, 0.25) is 0 Å². The Bertz CT molecular complexity index is 573. The molecule has 1 unspecified atom stereocenters. The lowest BCUT2D eigenvalue weighted by molar-refractivity contribution is 0.574. The van der Waals surface area contributed by atoms with Gasteiger partial charge in [0, 0.05) is 17.5 Å². The molecule has 2 aromatic heterocycles. The van der Waals surface area contributed by atoms with Crippen molar-refractivity contribution in [3.63, 3.8) is 0 Å². The predicted molar refractivity (Wildman–Crippen MR) is 83.9 cm³/mol. The first kappa shape index (κ1) is 15.7. The zero-order valence-corrected chi connectivity index (χ0v) is 12.9. The summed E-state index contributed by atoms with van der Waals surface area (Å²) >= 11 is 1.60. The molecule has 0 aliphatic rings. The van der Waals surface area contributed by atoms with Crippen molar-refractivity contribution in [3.8, 4) is 0 Å². The van der Waals surface area contributed by atoms with E-state index in [4.69, 9.17) is 0 Å². The monoisotopic (exact) mass is 311 g/mol. The fourth-order valence-corrected chi connectivity index (χ4v) is 2.83. The molecule has 114 valence electrons. The van der Waals surface area contributed by atoms with Crippen LogP contribution in [0.5, 0.6) is 0 Å². The minimum atomic E-state index is -0.676. The Kier molecular flexibility index (Phi) is 5.50. The van der Waals surface area contributed by atoms with E-state index in [9.17, 15) is 8.78 Å². The van der Waals surface area contributed by atoms with E-state index < -0.39 is 11.6 Å². The molecule has 0 saturated heterocycles. The highest BCUT2D eigenvalue weighted by Gasteiger charge is 2.16. The second kappa shape index (κ2) is 7.36. The summed E-state index contributed by atoms with van der Waals surface area (Å²) in [4.78, 5) is 5.14. The van der Waals surface area contributed by atoms with E-state index in [0.29, 0.717) is 6.54 Å². The summed E-state index contributed by atoms with van der Waals surface area (Å²) in [5.74, 6) is -1.18. The third-order valence-electron chi connectivity index (χ3n) is 3.08. The van der Waals surface area contributed by atoms with E-state index in [-0.39, 0.29) is 17.7 Å². The molecule has 2 N–H and O–H groups in total. The molecule has 0 amide bonds. The van der Waals surface area contributed by atoms with Crippen LogP contribution in [0.25, 0.3) is 0 Å². The molecule has 0 aliphatic carbocycles. The van der Waals surface area contributed by atoms with E-state index in [2.05, 4.69) is 15.6 Å². The second-order valence-corrected chi connectivity index (χ2v) is 5.68. The maximum absolute atomic E-state index is 13.9. The van der Waals surface area contributed by atoms with E-state index in [1.807, 2.05) is 31.4 Å². The van der Waals surface area contributed by atoms with Crippen LogP contribution in [-0.4, -0.2) is 11.5 Å². The molecule has 0 aromatic carbocycles. The standard InChI is InChI=1S/C15H19F2N3S/c1-3-7-18-14-10(16)9-11(17)15(20-14)19-12(4-2)13-6-5-8-21-13/h5-6,8-9,12H,3-4,7H2,1-2H3,(H2,18,19,20). The molecule has 2 heterocycles. The van der Waals surface area contributed by atoms with E-state index in [1.54, 1.807) is 11.3 Å². The fraction of sp³-hybridized carbons (Fsp3) is 0.400. The molecule has 2 aromatic rings. The van der Waals surface area contributed by atoms with Crippen LogP contribution in [0.4, 0.5) is 20.4 Å². The summed E-state index contributed by atoms with van der Waals surface area (Å²) in [6.45, 7) is 4.57. The van der Waals surface area contributed by atoms with Crippen molar-refractivity contribution in [2.24, 2.45) is 0 Å². The number of thiophene rings is 1. The number of rotatable bonds is 7. The highest BCUT2D eigenvalue weighted by Crippen LogP contribution is 2.28. The van der Waals surface area contributed by atoms with Gasteiger partial charge in [0.25, 0.3) is 0 Å². The molecule has 0 spiro atoms. The molecular weight excluding hydrogens is 292 g/mol. The number of anilines is 2. The number of hydrogen-bond acceptors (Lipinski definition) is 4. The first-order valence-corrected chi connectivity index (χ1v) is 7.93. The molecule has 6 heteroatoms. The lowest BCUT2D eigenvalue weighted by Crippen LogP contribution is -2.13. The van der Waals surface area contributed by atoms with Gasteiger partial charge in [-0.1, -0.05) is 19.9 Å². The summed E-state index contributed by atoms with van der Waals surface area (Å²) < 4.78 is 27.6. The van der Waals surface area contributed by atoms with Gasteiger partial charge in [-0.15, -0.1) is 11.3 Å². The third-order valence-corrected chi connectivity index (χ3v) is 4.06. The molecular formula is C15H19F2N3S. The van der Waals surface area contributed by atoms with Crippen LogP contribution in [0.2, 0.25) is 0 Å².